The summed E-state index contributed by atoms with van der Waals surface area (Å²) >= 11 is 0. The minimum atomic E-state index is -1.37. The Morgan fingerprint density at radius 3 is 2.30 bits per heavy atom. The number of primary amides is 1. The average molecular weight is 502 g/mol. The third-order valence-corrected chi connectivity index (χ3v) is 6.62. The van der Waals surface area contributed by atoms with Gasteiger partial charge in [-0.3, -0.25) is 14.6 Å². The summed E-state index contributed by atoms with van der Waals surface area (Å²) in [6.45, 7) is 0. The molecular formula is C28H24FN3O5. The number of nitrogens with zero attached hydrogens (tertiary/aromatic N) is 1. The number of carbonyl (C=O) groups excluding carboxylic acids is 2. The maximum Gasteiger partial charge on any atom is 0.240 e. The number of halogens is 1. The molecule has 188 valence electrons. The number of hydrogen-bond acceptors (Lipinski definition) is 6. The van der Waals surface area contributed by atoms with E-state index in [0.717, 1.165) is 5.39 Å². The Labute approximate surface area is 212 Å². The maximum atomic E-state index is 13.3. The number of pyridine rings is 1. The lowest BCUT2D eigenvalue weighted by atomic mass is 9.97. The molecule has 3 aromatic carbocycles. The number of hydrogen-bond donors (Lipinski definition) is 2. The molecule has 8 nitrogen and oxygen atoms in total. The first-order valence-corrected chi connectivity index (χ1v) is 11.5. The zero-order valence-electron chi connectivity index (χ0n) is 20.2. The molecule has 0 spiro atoms. The molecule has 3 N–H and O–H groups in total. The number of benzene rings is 3. The summed E-state index contributed by atoms with van der Waals surface area (Å²) in [6, 6.07) is 17.8. The van der Waals surface area contributed by atoms with Crippen LogP contribution in [0.3, 0.4) is 0 Å². The summed E-state index contributed by atoms with van der Waals surface area (Å²) in [4.78, 5) is 29.7. The van der Waals surface area contributed by atoms with Gasteiger partial charge < -0.3 is 25.3 Å². The number of anilines is 1. The van der Waals surface area contributed by atoms with E-state index in [9.17, 15) is 14.0 Å². The molecule has 1 fully saturated rings. The second-order valence-electron chi connectivity index (χ2n) is 8.76. The minimum absolute atomic E-state index is 0.268. The third kappa shape index (κ3) is 4.40. The number of aromatic nitrogens is 1. The van der Waals surface area contributed by atoms with E-state index in [0.29, 0.717) is 39.8 Å². The van der Waals surface area contributed by atoms with Crippen LogP contribution in [0.1, 0.15) is 17.9 Å². The van der Waals surface area contributed by atoms with Crippen molar-refractivity contribution in [2.75, 3.05) is 19.5 Å². The van der Waals surface area contributed by atoms with Gasteiger partial charge in [0.2, 0.25) is 11.8 Å². The average Bonchev–Trinajstić information content (AvgIpc) is 3.67. The van der Waals surface area contributed by atoms with Crippen LogP contribution in [0.25, 0.3) is 10.9 Å². The van der Waals surface area contributed by atoms with Gasteiger partial charge in [0.05, 0.1) is 19.7 Å². The second kappa shape index (κ2) is 9.42. The summed E-state index contributed by atoms with van der Waals surface area (Å²) in [5.41, 5.74) is 6.10. The van der Waals surface area contributed by atoms with E-state index in [1.165, 1.54) is 12.1 Å². The van der Waals surface area contributed by atoms with Crippen LogP contribution in [0.5, 0.6) is 23.0 Å². The fourth-order valence-electron chi connectivity index (χ4n) is 4.51. The van der Waals surface area contributed by atoms with E-state index in [4.69, 9.17) is 19.9 Å². The van der Waals surface area contributed by atoms with Crippen molar-refractivity contribution in [2.45, 2.75) is 12.3 Å². The van der Waals surface area contributed by atoms with E-state index in [1.54, 1.807) is 75.0 Å². The van der Waals surface area contributed by atoms with E-state index in [-0.39, 0.29) is 12.2 Å². The van der Waals surface area contributed by atoms with Gasteiger partial charge in [0.25, 0.3) is 0 Å². The quantitative estimate of drug-likeness (QED) is 0.336. The van der Waals surface area contributed by atoms with Crippen molar-refractivity contribution in [3.05, 3.63) is 84.3 Å². The Hall–Kier alpha value is -4.66. The van der Waals surface area contributed by atoms with Crippen LogP contribution in [-0.2, 0) is 9.59 Å². The highest BCUT2D eigenvalue weighted by atomic mass is 19.1. The molecule has 5 rings (SSSR count). The Morgan fingerprint density at radius 2 is 1.65 bits per heavy atom. The van der Waals surface area contributed by atoms with Gasteiger partial charge in [-0.1, -0.05) is 12.1 Å². The molecular weight excluding hydrogens is 477 g/mol. The summed E-state index contributed by atoms with van der Waals surface area (Å²) in [6.07, 6.45) is 1.90. The van der Waals surface area contributed by atoms with Crippen molar-refractivity contribution in [3.8, 4) is 23.0 Å². The monoisotopic (exact) mass is 501 g/mol. The van der Waals surface area contributed by atoms with E-state index >= 15 is 0 Å². The molecule has 0 saturated heterocycles. The van der Waals surface area contributed by atoms with E-state index in [1.807, 2.05) is 0 Å². The molecule has 1 saturated carbocycles. The number of rotatable bonds is 8. The van der Waals surface area contributed by atoms with Crippen LogP contribution in [-0.4, -0.2) is 31.0 Å². The van der Waals surface area contributed by atoms with Gasteiger partial charge in [-0.15, -0.1) is 0 Å². The zero-order chi connectivity index (χ0) is 26.2. The third-order valence-electron chi connectivity index (χ3n) is 6.62. The molecule has 1 aliphatic carbocycles. The summed E-state index contributed by atoms with van der Waals surface area (Å²) in [5, 5.41) is 3.51. The molecule has 2 unspecified atom stereocenters. The van der Waals surface area contributed by atoms with Crippen molar-refractivity contribution in [1.82, 2.24) is 4.98 Å². The van der Waals surface area contributed by atoms with E-state index < -0.39 is 23.1 Å². The van der Waals surface area contributed by atoms with Crippen molar-refractivity contribution < 1.29 is 28.2 Å². The number of nitrogens with two attached hydrogens (primary N) is 1. The van der Waals surface area contributed by atoms with Gasteiger partial charge >= 0.3 is 0 Å². The number of amides is 2. The smallest absolute Gasteiger partial charge is 0.240 e. The molecule has 2 amide bonds. The Bertz CT molecular complexity index is 1490. The highest BCUT2D eigenvalue weighted by Gasteiger charge is 2.65. The number of ether oxygens (including phenoxy) is 3. The van der Waals surface area contributed by atoms with Crippen LogP contribution in [0.15, 0.2) is 72.9 Å². The van der Waals surface area contributed by atoms with Gasteiger partial charge in [-0.2, -0.15) is 0 Å². The predicted molar refractivity (Wildman–Crippen MR) is 135 cm³/mol. The first kappa shape index (κ1) is 24.1. The topological polar surface area (TPSA) is 113 Å². The SMILES string of the molecule is COc1cc2nccc(Oc3ccc(NC(=O)C4(C(N)=O)CC4c4ccc(F)cc4)cc3)c2cc1OC. The predicted octanol–water partition coefficient (Wildman–Crippen LogP) is 4.78. The number of methoxy groups -OCH3 is 2. The Balaban J connectivity index is 1.32. The highest BCUT2D eigenvalue weighted by molar-refractivity contribution is 6.14. The van der Waals surface area contributed by atoms with Gasteiger partial charge in [-0.05, 0) is 60.5 Å². The summed E-state index contributed by atoms with van der Waals surface area (Å²) in [5.74, 6) is 0.207. The maximum absolute atomic E-state index is 13.3. The highest BCUT2D eigenvalue weighted by Crippen LogP contribution is 2.59. The molecule has 2 atom stereocenters. The van der Waals surface area contributed by atoms with Crippen LogP contribution >= 0.6 is 0 Å². The molecule has 37 heavy (non-hydrogen) atoms. The van der Waals surface area contributed by atoms with Crippen LogP contribution in [0.2, 0.25) is 0 Å². The fourth-order valence-corrected chi connectivity index (χ4v) is 4.51. The molecule has 0 aliphatic heterocycles. The molecule has 0 bridgehead atoms. The lowest BCUT2D eigenvalue weighted by Crippen LogP contribution is -2.37. The standard InChI is InChI=1S/C28H24FN3O5/c1-35-24-13-20-22(14-25(24)36-2)31-12-11-23(20)37-19-9-7-18(8-10-19)32-27(34)28(26(30)33)15-21(28)16-3-5-17(29)6-4-16/h3-14,21H,15H2,1-2H3,(H2,30,33)(H,32,34). The van der Waals surface area contributed by atoms with Crippen LogP contribution < -0.4 is 25.3 Å². The number of nitrogens with one attached hydrogen (secondary N) is 1. The van der Waals surface area contributed by atoms with Crippen LogP contribution in [0, 0.1) is 11.2 Å². The normalized spacial score (nSPS) is 18.2. The van der Waals surface area contributed by atoms with Gasteiger partial charge in [0.15, 0.2) is 11.5 Å². The summed E-state index contributed by atoms with van der Waals surface area (Å²) in [7, 11) is 3.11. The summed E-state index contributed by atoms with van der Waals surface area (Å²) < 4.78 is 30.1. The molecule has 0 radical (unpaired) electrons. The van der Waals surface area contributed by atoms with Gasteiger partial charge in [-0.25, -0.2) is 4.39 Å². The van der Waals surface area contributed by atoms with Crippen LogP contribution in [0.4, 0.5) is 10.1 Å². The zero-order valence-corrected chi connectivity index (χ0v) is 20.2. The number of fused-ring (bicyclic) bond motifs is 1. The number of carbonyl (C=O) groups is 2. The molecule has 1 heterocycles. The lowest BCUT2D eigenvalue weighted by Gasteiger charge is -2.15. The molecule has 4 aromatic rings. The van der Waals surface area contributed by atoms with E-state index in [2.05, 4.69) is 10.3 Å². The van der Waals surface area contributed by atoms with Gasteiger partial charge in [0, 0.05) is 29.3 Å². The lowest BCUT2D eigenvalue weighted by molar-refractivity contribution is -0.132. The largest absolute Gasteiger partial charge is 0.493 e. The second-order valence-corrected chi connectivity index (χ2v) is 8.76. The molecule has 1 aromatic heterocycles. The van der Waals surface area contributed by atoms with Crippen molar-refractivity contribution >= 4 is 28.4 Å². The Kier molecular flexibility index (Phi) is 6.12. The van der Waals surface area contributed by atoms with Gasteiger partial charge in [0.1, 0.15) is 22.7 Å². The first-order valence-electron chi connectivity index (χ1n) is 11.5. The van der Waals surface area contributed by atoms with Crippen molar-refractivity contribution in [3.63, 3.8) is 0 Å². The fraction of sp³-hybridized carbons (Fsp3) is 0.179. The van der Waals surface area contributed by atoms with Crippen molar-refractivity contribution in [2.24, 2.45) is 11.1 Å². The minimum Gasteiger partial charge on any atom is -0.493 e. The Morgan fingerprint density at radius 1 is 0.973 bits per heavy atom. The molecule has 1 aliphatic rings. The first-order chi connectivity index (χ1) is 17.8. The molecule has 9 heteroatoms. The van der Waals surface area contributed by atoms with Crippen molar-refractivity contribution in [1.29, 1.82) is 0 Å².